The van der Waals surface area contributed by atoms with Gasteiger partial charge in [-0.1, -0.05) is 29.8 Å². The number of nitrogens with one attached hydrogen (secondary N) is 1. The summed E-state index contributed by atoms with van der Waals surface area (Å²) in [6.07, 6.45) is 4.54. The summed E-state index contributed by atoms with van der Waals surface area (Å²) in [4.78, 5) is 4.83. The number of nitriles is 1. The molecular weight excluding hydrogens is 332 g/mol. The van der Waals surface area contributed by atoms with E-state index in [0.29, 0.717) is 17.9 Å². The van der Waals surface area contributed by atoms with Crippen LogP contribution in [0.2, 0.25) is 0 Å². The molecule has 4 nitrogen and oxygen atoms in total. The van der Waals surface area contributed by atoms with E-state index in [1.165, 1.54) is 5.56 Å². The Morgan fingerprint density at radius 3 is 2.30 bits per heavy atom. The molecule has 2 aromatic carbocycles. The predicted octanol–water partition coefficient (Wildman–Crippen LogP) is 4.91. The van der Waals surface area contributed by atoms with Gasteiger partial charge in [0.25, 0.3) is 0 Å². The summed E-state index contributed by atoms with van der Waals surface area (Å²) in [7, 11) is 0. The largest absolute Gasteiger partial charge is 0.328 e. The van der Waals surface area contributed by atoms with Crippen LogP contribution in [0.3, 0.4) is 0 Å². The predicted molar refractivity (Wildman–Crippen MR) is 111 cm³/mol. The molecule has 0 atom stereocenters. The summed E-state index contributed by atoms with van der Waals surface area (Å²) in [5.41, 5.74) is 11.3. The zero-order valence-corrected chi connectivity index (χ0v) is 15.8. The fourth-order valence-corrected chi connectivity index (χ4v) is 3.51. The molecule has 0 heterocycles. The van der Waals surface area contributed by atoms with Crippen molar-refractivity contribution in [2.75, 3.05) is 0 Å². The first-order chi connectivity index (χ1) is 13.0. The molecule has 0 aliphatic heterocycles. The average molecular weight is 358 g/mol. The highest BCUT2D eigenvalue weighted by atomic mass is 14.8. The first-order valence-electron chi connectivity index (χ1n) is 9.53. The standard InChI is InChI=1S/C23H26N4/c1-16-2-6-19(7-3-16)23(27-21-12-4-17(15-24)5-13-21)14-22(26)18-8-10-20(25)11-9-18/h2-7,12-13,18,20,26H,8-11,14,25H2,1H3. The summed E-state index contributed by atoms with van der Waals surface area (Å²) in [6.45, 7) is 2.06. The van der Waals surface area contributed by atoms with Crippen molar-refractivity contribution in [1.82, 2.24) is 0 Å². The SMILES string of the molecule is Cc1ccc(C(CC(=N)C2CCC(N)CC2)=Nc2ccc(C#N)cc2)cc1. The Morgan fingerprint density at radius 1 is 1.07 bits per heavy atom. The van der Waals surface area contributed by atoms with Gasteiger partial charge in [-0.15, -0.1) is 0 Å². The van der Waals surface area contributed by atoms with E-state index >= 15 is 0 Å². The second-order valence-electron chi connectivity index (χ2n) is 7.40. The zero-order chi connectivity index (χ0) is 19.2. The fraction of sp³-hybridized carbons (Fsp3) is 0.348. The Kier molecular flexibility index (Phi) is 6.16. The van der Waals surface area contributed by atoms with E-state index in [4.69, 9.17) is 21.4 Å². The Hall–Kier alpha value is -2.77. The van der Waals surface area contributed by atoms with Gasteiger partial charge in [-0.2, -0.15) is 5.26 Å². The molecule has 0 bridgehead atoms. The number of benzene rings is 2. The summed E-state index contributed by atoms with van der Waals surface area (Å²) in [5.74, 6) is 0.307. The Labute approximate surface area is 161 Å². The molecule has 1 aliphatic carbocycles. The molecule has 0 amide bonds. The quantitative estimate of drug-likeness (QED) is 0.744. The normalized spacial score (nSPS) is 20.1. The van der Waals surface area contributed by atoms with Crippen LogP contribution in [0.5, 0.6) is 0 Å². The van der Waals surface area contributed by atoms with Gasteiger partial charge in [0.1, 0.15) is 0 Å². The highest BCUT2D eigenvalue weighted by Gasteiger charge is 2.23. The van der Waals surface area contributed by atoms with E-state index < -0.39 is 0 Å². The second-order valence-corrected chi connectivity index (χ2v) is 7.40. The zero-order valence-electron chi connectivity index (χ0n) is 15.8. The Morgan fingerprint density at radius 2 is 1.70 bits per heavy atom. The monoisotopic (exact) mass is 358 g/mol. The minimum absolute atomic E-state index is 0.290. The third-order valence-electron chi connectivity index (χ3n) is 5.27. The number of nitrogens with two attached hydrogens (primary N) is 1. The fourth-order valence-electron chi connectivity index (χ4n) is 3.51. The van der Waals surface area contributed by atoms with Crippen LogP contribution < -0.4 is 5.73 Å². The lowest BCUT2D eigenvalue weighted by Crippen LogP contribution is -2.30. The van der Waals surface area contributed by atoms with Gasteiger partial charge < -0.3 is 11.1 Å². The van der Waals surface area contributed by atoms with Gasteiger partial charge in [-0.3, -0.25) is 4.99 Å². The van der Waals surface area contributed by atoms with E-state index in [0.717, 1.165) is 48.4 Å². The molecule has 0 unspecified atom stereocenters. The van der Waals surface area contributed by atoms with Gasteiger partial charge in [0.05, 0.1) is 23.0 Å². The van der Waals surface area contributed by atoms with Crippen molar-refractivity contribution in [2.45, 2.75) is 45.1 Å². The molecule has 2 aromatic rings. The molecule has 3 rings (SSSR count). The van der Waals surface area contributed by atoms with Crippen molar-refractivity contribution < 1.29 is 0 Å². The first kappa shape index (κ1) is 19.0. The second kappa shape index (κ2) is 8.75. The van der Waals surface area contributed by atoms with Crippen LogP contribution in [0.25, 0.3) is 0 Å². The van der Waals surface area contributed by atoms with E-state index in [1.54, 1.807) is 12.1 Å². The van der Waals surface area contributed by atoms with Crippen LogP contribution in [-0.2, 0) is 0 Å². The molecule has 27 heavy (non-hydrogen) atoms. The van der Waals surface area contributed by atoms with Crippen molar-refractivity contribution in [3.05, 3.63) is 65.2 Å². The van der Waals surface area contributed by atoms with Crippen molar-refractivity contribution in [1.29, 1.82) is 10.7 Å². The van der Waals surface area contributed by atoms with Gasteiger partial charge >= 0.3 is 0 Å². The Balaban J connectivity index is 1.85. The molecule has 0 saturated heterocycles. The van der Waals surface area contributed by atoms with E-state index in [2.05, 4.69) is 37.3 Å². The lowest BCUT2D eigenvalue weighted by molar-refractivity contribution is 0.389. The number of hydrogen-bond donors (Lipinski definition) is 2. The summed E-state index contributed by atoms with van der Waals surface area (Å²) in [5, 5.41) is 17.6. The van der Waals surface area contributed by atoms with Crippen LogP contribution >= 0.6 is 0 Å². The molecule has 0 aromatic heterocycles. The maximum Gasteiger partial charge on any atom is 0.0991 e. The van der Waals surface area contributed by atoms with Crippen LogP contribution in [0.4, 0.5) is 5.69 Å². The number of aliphatic imine (C=N–C) groups is 1. The number of hydrogen-bond acceptors (Lipinski definition) is 4. The number of rotatable bonds is 5. The third-order valence-corrected chi connectivity index (χ3v) is 5.27. The molecule has 4 heteroatoms. The van der Waals surface area contributed by atoms with Crippen LogP contribution in [-0.4, -0.2) is 17.5 Å². The van der Waals surface area contributed by atoms with Crippen molar-refractivity contribution in [3.8, 4) is 6.07 Å². The van der Waals surface area contributed by atoms with Gasteiger partial charge in [0, 0.05) is 18.2 Å². The van der Waals surface area contributed by atoms with Gasteiger partial charge in [0.15, 0.2) is 0 Å². The summed E-state index contributed by atoms with van der Waals surface area (Å²) in [6, 6.07) is 18.0. The molecule has 1 saturated carbocycles. The molecule has 1 aliphatic rings. The van der Waals surface area contributed by atoms with Crippen LogP contribution in [0.15, 0.2) is 53.5 Å². The molecule has 1 fully saturated rings. The molecule has 138 valence electrons. The minimum Gasteiger partial charge on any atom is -0.328 e. The smallest absolute Gasteiger partial charge is 0.0991 e. The van der Waals surface area contributed by atoms with Gasteiger partial charge in [0.2, 0.25) is 0 Å². The topological polar surface area (TPSA) is 86.0 Å². The highest BCUT2D eigenvalue weighted by molar-refractivity contribution is 6.13. The number of nitrogens with zero attached hydrogens (tertiary/aromatic N) is 2. The lowest BCUT2D eigenvalue weighted by atomic mass is 9.81. The highest BCUT2D eigenvalue weighted by Crippen LogP contribution is 2.26. The number of aryl methyl sites for hydroxylation is 1. The van der Waals surface area contributed by atoms with Gasteiger partial charge in [-0.25, -0.2) is 0 Å². The van der Waals surface area contributed by atoms with Crippen molar-refractivity contribution in [3.63, 3.8) is 0 Å². The maximum absolute atomic E-state index is 8.97. The van der Waals surface area contributed by atoms with Crippen molar-refractivity contribution in [2.24, 2.45) is 16.6 Å². The molecule has 0 spiro atoms. The Bertz CT molecular complexity index is 849. The van der Waals surface area contributed by atoms with Crippen LogP contribution in [0.1, 0.15) is 48.8 Å². The average Bonchev–Trinajstić information content (AvgIpc) is 2.69. The molecule has 3 N–H and O–H groups in total. The first-order valence-corrected chi connectivity index (χ1v) is 9.53. The molecular formula is C23H26N4. The summed E-state index contributed by atoms with van der Waals surface area (Å²) >= 11 is 0. The third kappa shape index (κ3) is 5.12. The summed E-state index contributed by atoms with van der Waals surface area (Å²) < 4.78 is 0. The molecule has 0 radical (unpaired) electrons. The van der Waals surface area contributed by atoms with Crippen molar-refractivity contribution >= 4 is 17.1 Å². The lowest BCUT2D eigenvalue weighted by Gasteiger charge is -2.26. The maximum atomic E-state index is 8.97. The van der Waals surface area contributed by atoms with Gasteiger partial charge in [-0.05, 0) is 68.4 Å². The minimum atomic E-state index is 0.290. The van der Waals surface area contributed by atoms with E-state index in [1.807, 2.05) is 12.1 Å². The van der Waals surface area contributed by atoms with Crippen LogP contribution in [0, 0.1) is 29.6 Å². The van der Waals surface area contributed by atoms with E-state index in [9.17, 15) is 0 Å². The van der Waals surface area contributed by atoms with E-state index in [-0.39, 0.29) is 6.04 Å².